The van der Waals surface area contributed by atoms with Crippen LogP contribution < -0.4 is 0 Å². The minimum atomic E-state index is 0.0952. The van der Waals surface area contributed by atoms with Gasteiger partial charge in [0.1, 0.15) is 5.52 Å². The summed E-state index contributed by atoms with van der Waals surface area (Å²) in [6.45, 7) is 2.47. The van der Waals surface area contributed by atoms with E-state index in [1.807, 2.05) is 29.2 Å². The van der Waals surface area contributed by atoms with Crippen molar-refractivity contribution in [2.24, 2.45) is 0 Å². The van der Waals surface area contributed by atoms with Gasteiger partial charge < -0.3 is 14.1 Å². The molecule has 0 atom stereocenters. The molecule has 1 aliphatic heterocycles. The Labute approximate surface area is 160 Å². The number of hydrogen-bond acceptors (Lipinski definition) is 4. The molecule has 0 saturated carbocycles. The second-order valence-electron chi connectivity index (χ2n) is 6.13. The van der Waals surface area contributed by atoms with E-state index in [1.165, 1.54) is 0 Å². The lowest BCUT2D eigenvalue weighted by atomic mass is 10.1. The summed E-state index contributed by atoms with van der Waals surface area (Å²) in [5, 5.41) is 0.928. The predicted octanol–water partition coefficient (Wildman–Crippen LogP) is 4.20. The highest BCUT2D eigenvalue weighted by molar-refractivity contribution is 6.38. The van der Waals surface area contributed by atoms with Gasteiger partial charge in [0.25, 0.3) is 0 Å². The van der Waals surface area contributed by atoms with Crippen molar-refractivity contribution >= 4 is 40.2 Å². The molecule has 1 aromatic heterocycles. The van der Waals surface area contributed by atoms with E-state index in [1.54, 1.807) is 12.1 Å². The lowest BCUT2D eigenvalue weighted by Gasteiger charge is -2.26. The molecular weight excluding hydrogens is 375 g/mol. The Kier molecular flexibility index (Phi) is 4.85. The number of carbonyl (C=O) groups is 1. The van der Waals surface area contributed by atoms with Crippen LogP contribution in [0.4, 0.5) is 0 Å². The topological polar surface area (TPSA) is 55.6 Å². The highest BCUT2D eigenvalue weighted by atomic mass is 35.5. The number of halogens is 2. The second-order valence-corrected chi connectivity index (χ2v) is 6.97. The first-order valence-electron chi connectivity index (χ1n) is 8.30. The summed E-state index contributed by atoms with van der Waals surface area (Å²) in [6.07, 6.45) is 0.334. The Morgan fingerprint density at radius 3 is 2.77 bits per heavy atom. The van der Waals surface area contributed by atoms with Crippen molar-refractivity contribution in [3.8, 4) is 11.5 Å². The summed E-state index contributed by atoms with van der Waals surface area (Å²) in [5.74, 6) is 0.544. The zero-order valence-corrected chi connectivity index (χ0v) is 15.4. The molecule has 0 spiro atoms. The number of nitrogens with zero attached hydrogens (tertiary/aromatic N) is 2. The van der Waals surface area contributed by atoms with Crippen LogP contribution in [0.5, 0.6) is 0 Å². The SMILES string of the molecule is O=C(Cc1cccc(-c2nc3cc(Cl)cc(Cl)c3o2)c1)N1CCOCC1. The van der Waals surface area contributed by atoms with Gasteiger partial charge in [0.05, 0.1) is 24.7 Å². The fraction of sp³-hybridized carbons (Fsp3) is 0.263. The normalized spacial score (nSPS) is 14.8. The van der Waals surface area contributed by atoms with Crippen molar-refractivity contribution in [2.75, 3.05) is 26.3 Å². The van der Waals surface area contributed by atoms with Crippen molar-refractivity contribution in [1.82, 2.24) is 9.88 Å². The van der Waals surface area contributed by atoms with Gasteiger partial charge in [-0.15, -0.1) is 0 Å². The van der Waals surface area contributed by atoms with Crippen molar-refractivity contribution in [1.29, 1.82) is 0 Å². The van der Waals surface area contributed by atoms with E-state index in [0.29, 0.717) is 59.8 Å². The van der Waals surface area contributed by atoms with Gasteiger partial charge in [-0.2, -0.15) is 0 Å². The van der Waals surface area contributed by atoms with Crippen molar-refractivity contribution in [3.05, 3.63) is 52.0 Å². The molecule has 0 radical (unpaired) electrons. The number of rotatable bonds is 3. The average Bonchev–Trinajstić information content (AvgIpc) is 3.07. The zero-order valence-electron chi connectivity index (χ0n) is 13.9. The molecule has 0 N–H and O–H groups in total. The molecule has 0 unspecified atom stereocenters. The van der Waals surface area contributed by atoms with E-state index in [4.69, 9.17) is 32.4 Å². The maximum atomic E-state index is 12.4. The van der Waals surface area contributed by atoms with Crippen LogP contribution in [0.3, 0.4) is 0 Å². The van der Waals surface area contributed by atoms with Gasteiger partial charge in [-0.1, -0.05) is 35.3 Å². The molecule has 1 amide bonds. The third kappa shape index (κ3) is 3.56. The molecular formula is C19H16Cl2N2O3. The molecule has 7 heteroatoms. The minimum Gasteiger partial charge on any atom is -0.435 e. The molecule has 2 heterocycles. The maximum Gasteiger partial charge on any atom is 0.227 e. The maximum absolute atomic E-state index is 12.4. The van der Waals surface area contributed by atoms with Crippen LogP contribution in [0.2, 0.25) is 10.0 Å². The van der Waals surface area contributed by atoms with Gasteiger partial charge in [0.15, 0.2) is 5.58 Å². The number of oxazole rings is 1. The summed E-state index contributed by atoms with van der Waals surface area (Å²) in [5.41, 5.74) is 2.80. The Balaban J connectivity index is 1.59. The minimum absolute atomic E-state index is 0.0952. The largest absolute Gasteiger partial charge is 0.435 e. The highest BCUT2D eigenvalue weighted by Crippen LogP contribution is 2.32. The van der Waals surface area contributed by atoms with E-state index < -0.39 is 0 Å². The smallest absolute Gasteiger partial charge is 0.227 e. The summed E-state index contributed by atoms with van der Waals surface area (Å²) in [6, 6.07) is 11.0. The van der Waals surface area contributed by atoms with Crippen LogP contribution in [-0.2, 0) is 16.0 Å². The van der Waals surface area contributed by atoms with Crippen LogP contribution in [0.25, 0.3) is 22.6 Å². The molecule has 1 aliphatic rings. The predicted molar refractivity (Wildman–Crippen MR) is 101 cm³/mol. The summed E-state index contributed by atoms with van der Waals surface area (Å²) in [4.78, 5) is 18.7. The van der Waals surface area contributed by atoms with Gasteiger partial charge in [-0.05, 0) is 29.8 Å². The standard InChI is InChI=1S/C19H16Cl2N2O3/c20-14-10-15(21)18-16(11-14)22-19(26-18)13-3-1-2-12(8-13)9-17(24)23-4-6-25-7-5-23/h1-3,8,10-11H,4-7,9H2. The number of hydrogen-bond donors (Lipinski definition) is 0. The number of benzene rings is 2. The van der Waals surface area contributed by atoms with Crippen LogP contribution in [-0.4, -0.2) is 42.1 Å². The molecule has 134 valence electrons. The monoisotopic (exact) mass is 390 g/mol. The number of aromatic nitrogens is 1. The third-order valence-corrected chi connectivity index (χ3v) is 4.80. The fourth-order valence-electron chi connectivity index (χ4n) is 3.00. The van der Waals surface area contributed by atoms with E-state index in [-0.39, 0.29) is 5.91 Å². The van der Waals surface area contributed by atoms with Crippen molar-refractivity contribution < 1.29 is 13.9 Å². The second kappa shape index (κ2) is 7.27. The molecule has 3 aromatic rings. The van der Waals surface area contributed by atoms with Crippen molar-refractivity contribution in [3.63, 3.8) is 0 Å². The van der Waals surface area contributed by atoms with Crippen LogP contribution in [0, 0.1) is 0 Å². The molecule has 0 aliphatic carbocycles. The molecule has 1 fully saturated rings. The molecule has 26 heavy (non-hydrogen) atoms. The Morgan fingerprint density at radius 1 is 1.15 bits per heavy atom. The zero-order chi connectivity index (χ0) is 18.1. The lowest BCUT2D eigenvalue weighted by Crippen LogP contribution is -2.41. The van der Waals surface area contributed by atoms with E-state index >= 15 is 0 Å². The summed E-state index contributed by atoms with van der Waals surface area (Å²) >= 11 is 12.2. The Morgan fingerprint density at radius 2 is 1.96 bits per heavy atom. The number of carbonyl (C=O) groups excluding carboxylic acids is 1. The average molecular weight is 391 g/mol. The van der Waals surface area contributed by atoms with E-state index in [2.05, 4.69) is 4.98 Å². The van der Waals surface area contributed by atoms with Crippen LogP contribution in [0.15, 0.2) is 40.8 Å². The highest BCUT2D eigenvalue weighted by Gasteiger charge is 2.18. The quantitative estimate of drug-likeness (QED) is 0.672. The molecule has 1 saturated heterocycles. The molecule has 2 aromatic carbocycles. The van der Waals surface area contributed by atoms with E-state index in [9.17, 15) is 4.79 Å². The third-order valence-electron chi connectivity index (χ3n) is 4.30. The van der Waals surface area contributed by atoms with Gasteiger partial charge in [-0.3, -0.25) is 4.79 Å². The molecule has 0 bridgehead atoms. The first kappa shape index (κ1) is 17.3. The first-order chi connectivity index (χ1) is 12.6. The van der Waals surface area contributed by atoms with Gasteiger partial charge in [0.2, 0.25) is 11.8 Å². The molecule has 4 rings (SSSR count). The Hall–Kier alpha value is -2.08. The van der Waals surface area contributed by atoms with Gasteiger partial charge in [-0.25, -0.2) is 4.98 Å². The lowest BCUT2D eigenvalue weighted by molar-refractivity contribution is -0.134. The first-order valence-corrected chi connectivity index (χ1v) is 9.06. The summed E-state index contributed by atoms with van der Waals surface area (Å²) in [7, 11) is 0. The number of fused-ring (bicyclic) bond motifs is 1. The van der Waals surface area contributed by atoms with Crippen LogP contribution >= 0.6 is 23.2 Å². The van der Waals surface area contributed by atoms with Gasteiger partial charge >= 0.3 is 0 Å². The number of ether oxygens (including phenoxy) is 1. The van der Waals surface area contributed by atoms with Crippen LogP contribution in [0.1, 0.15) is 5.56 Å². The summed E-state index contributed by atoms with van der Waals surface area (Å²) < 4.78 is 11.1. The molecule has 5 nitrogen and oxygen atoms in total. The van der Waals surface area contributed by atoms with E-state index in [0.717, 1.165) is 11.1 Å². The number of morpholine rings is 1. The fourth-order valence-corrected chi connectivity index (χ4v) is 3.52. The van der Waals surface area contributed by atoms with Gasteiger partial charge in [0, 0.05) is 23.7 Å². The number of amides is 1. The van der Waals surface area contributed by atoms with Crippen molar-refractivity contribution in [2.45, 2.75) is 6.42 Å². The Bertz CT molecular complexity index is 965.